The third-order valence-corrected chi connectivity index (χ3v) is 15.0. The second-order valence-corrected chi connectivity index (χ2v) is 18.9. The first-order valence-corrected chi connectivity index (χ1v) is 23.6. The first-order valence-electron chi connectivity index (χ1n) is 19.7. The maximum absolute atomic E-state index is 12.1. The largest absolute Gasteiger partial charge is 0.450 e. The maximum Gasteiger partial charge on any atom is 0.409 e. The van der Waals surface area contributed by atoms with E-state index in [9.17, 15) is 9.59 Å². The molecule has 0 spiro atoms. The van der Waals surface area contributed by atoms with E-state index in [2.05, 4.69) is 81.9 Å². The number of aromatic nitrogens is 2. The van der Waals surface area contributed by atoms with Crippen LogP contribution in [0, 0.1) is 0 Å². The first-order chi connectivity index (χ1) is 28.4. The molecule has 9 nitrogen and oxygen atoms in total. The Morgan fingerprint density at radius 3 is 1.59 bits per heavy atom. The van der Waals surface area contributed by atoms with Crippen LogP contribution < -0.4 is 5.73 Å². The molecule has 4 aromatic rings. The summed E-state index contributed by atoms with van der Waals surface area (Å²) in [5.74, 6) is 0. The van der Waals surface area contributed by atoms with Crippen molar-refractivity contribution in [1.82, 2.24) is 19.8 Å². The number of amides is 2. The van der Waals surface area contributed by atoms with E-state index in [1.807, 2.05) is 38.4 Å². The van der Waals surface area contributed by atoms with Crippen LogP contribution in [-0.2, 0) is 35.2 Å². The van der Waals surface area contributed by atoms with E-state index in [0.717, 1.165) is 102 Å². The molecule has 0 radical (unpaired) electrons. The molecule has 15 heteroatoms. The second kappa shape index (κ2) is 19.4. The van der Waals surface area contributed by atoms with E-state index < -0.39 is 0 Å². The number of benzene rings is 2. The summed E-state index contributed by atoms with van der Waals surface area (Å²) in [4.78, 5) is 37.4. The Balaban J connectivity index is 0.000000179. The number of ether oxygens (including phenoxy) is 2. The zero-order valence-electron chi connectivity index (χ0n) is 32.7. The summed E-state index contributed by atoms with van der Waals surface area (Å²) in [6, 6.07) is 10.3. The molecule has 0 saturated carbocycles. The molecule has 4 heterocycles. The zero-order chi connectivity index (χ0) is 42.0. The number of piperidine rings is 2. The third-order valence-electron chi connectivity index (χ3n) is 11.2. The van der Waals surface area contributed by atoms with E-state index in [0.29, 0.717) is 50.1 Å². The van der Waals surface area contributed by atoms with Crippen LogP contribution in [0.1, 0.15) is 84.3 Å². The van der Waals surface area contributed by atoms with Crippen molar-refractivity contribution in [2.45, 2.75) is 65.2 Å². The molecule has 2 fully saturated rings. The van der Waals surface area contributed by atoms with Gasteiger partial charge in [-0.1, -0.05) is 40.4 Å². The summed E-state index contributed by atoms with van der Waals surface area (Å²) in [6.07, 6.45) is 9.89. The molecular weight excluding hydrogens is 1050 g/mol. The zero-order valence-corrected chi connectivity index (χ0v) is 40.6. The SMILES string of the molecule is CCOC(=O)N1CCC(=C2c3cc(N)c(Cl)c(Br)c3CCc3cc(Br)cnc32)CC1.CCOC(=O)N1CCC(=C2c3ccc(Cl)c(Br)c3CCc3cc(Br)cnc32)CC1. The van der Waals surface area contributed by atoms with Crippen molar-refractivity contribution in [2.24, 2.45) is 0 Å². The molecule has 0 unspecified atom stereocenters. The van der Waals surface area contributed by atoms with Crippen LogP contribution in [-0.4, -0.2) is 71.3 Å². The standard InChI is InChI=1S/C22H22Br2ClN3O2.C22H21Br2ClN2O2/c1-2-30-22(29)28-7-5-12(6-8-28)18-16-10-17(26)20(25)19(24)15(16)4-3-13-9-14(23)11-27-21(13)18;1-2-29-22(28)27-9-7-13(8-10-27)19-16-5-6-18(25)20(24)17(16)4-3-14-11-15(23)12-26-21(14)19/h9-11H,2-8,26H2,1H3;5-6,11-12H,2-4,7-10H2,1H3. The lowest BCUT2D eigenvalue weighted by Gasteiger charge is -2.29. The van der Waals surface area contributed by atoms with Gasteiger partial charge in [-0.25, -0.2) is 9.59 Å². The van der Waals surface area contributed by atoms with Crippen LogP contribution in [0.3, 0.4) is 0 Å². The molecule has 0 bridgehead atoms. The summed E-state index contributed by atoms with van der Waals surface area (Å²) >= 11 is 27.4. The number of anilines is 1. The molecular formula is C44H43Br4Cl2N5O4. The number of nitrogens with zero attached hydrogens (tertiary/aromatic N) is 4. The number of aryl methyl sites for hydroxylation is 2. The van der Waals surface area contributed by atoms with Crippen LogP contribution >= 0.6 is 86.9 Å². The van der Waals surface area contributed by atoms with Gasteiger partial charge in [-0.3, -0.25) is 9.97 Å². The number of halogens is 6. The fraction of sp³-hybridized carbons (Fsp3) is 0.364. The second-order valence-electron chi connectivity index (χ2n) is 14.7. The molecule has 2 amide bonds. The Bertz CT molecular complexity index is 2370. The van der Waals surface area contributed by atoms with Crippen molar-refractivity contribution < 1.29 is 19.1 Å². The minimum atomic E-state index is -0.246. The van der Waals surface area contributed by atoms with Gasteiger partial charge in [0.25, 0.3) is 0 Å². The molecule has 2 aromatic heterocycles. The molecule has 4 aliphatic rings. The smallest absolute Gasteiger partial charge is 0.409 e. The number of carbonyl (C=O) groups is 2. The fourth-order valence-electron chi connectivity index (χ4n) is 8.35. The number of hydrogen-bond acceptors (Lipinski definition) is 7. The molecule has 2 aliphatic carbocycles. The summed E-state index contributed by atoms with van der Waals surface area (Å²) < 4.78 is 14.1. The molecule has 0 atom stereocenters. The van der Waals surface area contributed by atoms with Gasteiger partial charge in [0.2, 0.25) is 0 Å². The quantitative estimate of drug-likeness (QED) is 0.199. The Labute approximate surface area is 388 Å². The number of fused-ring (bicyclic) bond motifs is 4. The highest BCUT2D eigenvalue weighted by atomic mass is 79.9. The number of nitrogens with two attached hydrogens (primary N) is 1. The molecule has 59 heavy (non-hydrogen) atoms. The van der Waals surface area contributed by atoms with Gasteiger partial charge >= 0.3 is 12.2 Å². The van der Waals surface area contributed by atoms with E-state index in [1.54, 1.807) is 9.80 Å². The summed E-state index contributed by atoms with van der Waals surface area (Å²) in [6.45, 7) is 7.02. The predicted octanol–water partition coefficient (Wildman–Crippen LogP) is 12.4. The fourth-order valence-corrected chi connectivity index (χ4v) is 10.6. The number of pyridine rings is 2. The normalized spacial score (nSPS) is 16.1. The highest BCUT2D eigenvalue weighted by Gasteiger charge is 2.31. The topological polar surface area (TPSA) is 111 Å². The van der Waals surface area contributed by atoms with Crippen molar-refractivity contribution >= 4 is 116 Å². The van der Waals surface area contributed by atoms with E-state index >= 15 is 0 Å². The third kappa shape index (κ3) is 9.45. The van der Waals surface area contributed by atoms with Gasteiger partial charge in [0.1, 0.15) is 0 Å². The van der Waals surface area contributed by atoms with Crippen molar-refractivity contribution in [1.29, 1.82) is 0 Å². The van der Waals surface area contributed by atoms with Gasteiger partial charge in [0.05, 0.1) is 40.3 Å². The van der Waals surface area contributed by atoms with E-state index in [4.69, 9.17) is 48.4 Å². The highest BCUT2D eigenvalue weighted by molar-refractivity contribution is 9.11. The highest BCUT2D eigenvalue weighted by Crippen LogP contribution is 2.45. The molecule has 2 aromatic carbocycles. The lowest BCUT2D eigenvalue weighted by molar-refractivity contribution is 0.103. The van der Waals surface area contributed by atoms with Crippen LogP contribution in [0.25, 0.3) is 11.1 Å². The summed E-state index contributed by atoms with van der Waals surface area (Å²) in [7, 11) is 0. The monoisotopic (exact) mass is 1090 g/mol. The molecule has 2 aliphatic heterocycles. The first kappa shape index (κ1) is 44.1. The van der Waals surface area contributed by atoms with Gasteiger partial charge in [-0.15, -0.1) is 0 Å². The molecule has 310 valence electrons. The molecule has 8 rings (SSSR count). The summed E-state index contributed by atoms with van der Waals surface area (Å²) in [5.41, 5.74) is 20.8. The number of likely N-dealkylation sites (tertiary alicyclic amines) is 2. The van der Waals surface area contributed by atoms with Crippen molar-refractivity contribution in [3.8, 4) is 0 Å². The number of hydrogen-bond donors (Lipinski definition) is 1. The van der Waals surface area contributed by atoms with Gasteiger partial charge in [0.15, 0.2) is 0 Å². The number of rotatable bonds is 2. The number of nitrogen functional groups attached to an aromatic ring is 1. The van der Waals surface area contributed by atoms with Gasteiger partial charge < -0.3 is 25.0 Å². The Kier molecular flexibility index (Phi) is 14.5. The van der Waals surface area contributed by atoms with Crippen LogP contribution in [0.2, 0.25) is 10.0 Å². The lowest BCUT2D eigenvalue weighted by Crippen LogP contribution is -2.37. The van der Waals surface area contributed by atoms with Gasteiger partial charge in [-0.05, 0) is 187 Å². The molecule has 2 N–H and O–H groups in total. The van der Waals surface area contributed by atoms with Crippen molar-refractivity contribution in [3.05, 3.63) is 127 Å². The van der Waals surface area contributed by atoms with Crippen LogP contribution in [0.4, 0.5) is 15.3 Å². The average molecular weight is 1100 g/mol. The maximum atomic E-state index is 12.1. The Hall–Kier alpha value is -2.94. The number of carbonyl (C=O) groups excluding carboxylic acids is 2. The van der Waals surface area contributed by atoms with Crippen molar-refractivity contribution in [3.63, 3.8) is 0 Å². The van der Waals surface area contributed by atoms with E-state index in [-0.39, 0.29) is 12.2 Å². The average Bonchev–Trinajstić information content (AvgIpc) is 3.49. The minimum Gasteiger partial charge on any atom is -0.450 e. The minimum absolute atomic E-state index is 0.227. The van der Waals surface area contributed by atoms with Crippen LogP contribution in [0.15, 0.2) is 71.8 Å². The molecule has 2 saturated heterocycles. The van der Waals surface area contributed by atoms with E-state index in [1.165, 1.54) is 39.0 Å². The Morgan fingerprint density at radius 2 is 1.12 bits per heavy atom. The summed E-state index contributed by atoms with van der Waals surface area (Å²) in [5, 5.41) is 1.28. The van der Waals surface area contributed by atoms with Gasteiger partial charge in [0, 0.05) is 67.6 Å². The van der Waals surface area contributed by atoms with Crippen LogP contribution in [0.5, 0.6) is 0 Å². The van der Waals surface area contributed by atoms with Gasteiger partial charge in [-0.2, -0.15) is 0 Å². The van der Waals surface area contributed by atoms with Crippen molar-refractivity contribution in [2.75, 3.05) is 45.1 Å². The Morgan fingerprint density at radius 1 is 0.661 bits per heavy atom. The lowest BCUT2D eigenvalue weighted by atomic mass is 9.88. The predicted molar refractivity (Wildman–Crippen MR) is 249 cm³/mol.